The third-order valence-corrected chi connectivity index (χ3v) is 2.42. The van der Waals surface area contributed by atoms with E-state index in [1.807, 2.05) is 30.3 Å². The number of hydrogen-bond acceptors (Lipinski definition) is 3. The lowest BCUT2D eigenvalue weighted by Crippen LogP contribution is -2.43. The first kappa shape index (κ1) is 14.2. The zero-order chi connectivity index (χ0) is 13.5. The highest BCUT2D eigenvalue weighted by Gasteiger charge is 2.20. The van der Waals surface area contributed by atoms with Crippen LogP contribution >= 0.6 is 0 Å². The van der Waals surface area contributed by atoms with Gasteiger partial charge in [0.05, 0.1) is 0 Å². The van der Waals surface area contributed by atoms with Gasteiger partial charge in [-0.2, -0.15) is 0 Å². The van der Waals surface area contributed by atoms with Crippen LogP contribution < -0.4 is 11.1 Å². The summed E-state index contributed by atoms with van der Waals surface area (Å²) in [5.41, 5.74) is 6.36. The van der Waals surface area contributed by atoms with Gasteiger partial charge in [-0.15, -0.1) is 0 Å². The Kier molecular flexibility index (Phi) is 5.32. The number of carboxylic acids is 1. The first-order valence-electron chi connectivity index (χ1n) is 5.80. The number of nitrogens with two attached hydrogens (primary N) is 1. The maximum atomic E-state index is 11.5. The molecular formula is C13H18N2O3. The molecule has 98 valence electrons. The van der Waals surface area contributed by atoms with Crippen LogP contribution in [0.4, 0.5) is 0 Å². The Balaban J connectivity index is 2.61. The molecule has 1 rings (SSSR count). The van der Waals surface area contributed by atoms with Crippen LogP contribution in [0, 0.1) is 0 Å². The summed E-state index contributed by atoms with van der Waals surface area (Å²) in [4.78, 5) is 22.6. The van der Waals surface area contributed by atoms with Crippen molar-refractivity contribution in [2.24, 2.45) is 5.73 Å². The fraction of sp³-hybridized carbons (Fsp3) is 0.385. The SMILES string of the molecule is CC(N)CC(=O)N[C@@H](Cc1ccccc1)C(=O)O. The molecule has 0 aliphatic rings. The minimum Gasteiger partial charge on any atom is -0.480 e. The molecule has 4 N–H and O–H groups in total. The van der Waals surface area contributed by atoms with Crippen molar-refractivity contribution in [3.63, 3.8) is 0 Å². The van der Waals surface area contributed by atoms with Gasteiger partial charge in [0.15, 0.2) is 0 Å². The molecule has 0 saturated heterocycles. The number of carbonyl (C=O) groups is 2. The number of benzene rings is 1. The van der Waals surface area contributed by atoms with E-state index in [1.165, 1.54) is 0 Å². The zero-order valence-electron chi connectivity index (χ0n) is 10.3. The molecule has 0 saturated carbocycles. The standard InChI is InChI=1S/C13H18N2O3/c1-9(14)7-12(16)15-11(13(17)18)8-10-5-3-2-4-6-10/h2-6,9,11H,7-8,14H2,1H3,(H,15,16)(H,17,18)/t9?,11-/m0/s1. The monoisotopic (exact) mass is 250 g/mol. The lowest BCUT2D eigenvalue weighted by Gasteiger charge is -2.15. The van der Waals surface area contributed by atoms with Gasteiger partial charge in [0.1, 0.15) is 6.04 Å². The number of hydrogen-bond donors (Lipinski definition) is 3. The molecule has 0 fully saturated rings. The molecule has 2 atom stereocenters. The molecule has 18 heavy (non-hydrogen) atoms. The predicted molar refractivity (Wildman–Crippen MR) is 68.0 cm³/mol. The zero-order valence-corrected chi connectivity index (χ0v) is 10.3. The molecule has 0 aromatic heterocycles. The molecule has 0 radical (unpaired) electrons. The number of carbonyl (C=O) groups excluding carboxylic acids is 1. The Bertz CT molecular complexity index is 404. The molecule has 0 spiro atoms. The van der Waals surface area contributed by atoms with Crippen molar-refractivity contribution >= 4 is 11.9 Å². The Morgan fingerprint density at radius 3 is 2.44 bits per heavy atom. The van der Waals surface area contributed by atoms with Crippen molar-refractivity contribution < 1.29 is 14.7 Å². The molecule has 1 aromatic rings. The minimum absolute atomic E-state index is 0.124. The summed E-state index contributed by atoms with van der Waals surface area (Å²) in [5.74, 6) is -1.38. The summed E-state index contributed by atoms with van der Waals surface area (Å²) in [6, 6.07) is 7.97. The fourth-order valence-electron chi connectivity index (χ4n) is 1.60. The highest BCUT2D eigenvalue weighted by molar-refractivity contribution is 5.84. The van der Waals surface area contributed by atoms with Crippen molar-refractivity contribution in [1.82, 2.24) is 5.32 Å². The molecule has 0 aliphatic heterocycles. The van der Waals surface area contributed by atoms with Gasteiger partial charge in [-0.1, -0.05) is 30.3 Å². The third kappa shape index (κ3) is 4.97. The minimum atomic E-state index is -1.04. The number of amides is 1. The maximum Gasteiger partial charge on any atom is 0.326 e. The highest BCUT2D eigenvalue weighted by atomic mass is 16.4. The Morgan fingerprint density at radius 2 is 1.94 bits per heavy atom. The second kappa shape index (κ2) is 6.76. The van der Waals surface area contributed by atoms with E-state index in [0.717, 1.165) is 5.56 Å². The second-order valence-corrected chi connectivity index (χ2v) is 4.33. The van der Waals surface area contributed by atoms with Gasteiger partial charge in [-0.3, -0.25) is 4.79 Å². The largest absolute Gasteiger partial charge is 0.480 e. The number of nitrogens with one attached hydrogen (secondary N) is 1. The van der Waals surface area contributed by atoms with E-state index in [0.29, 0.717) is 0 Å². The van der Waals surface area contributed by atoms with Gasteiger partial charge in [-0.25, -0.2) is 4.79 Å². The fourth-order valence-corrected chi connectivity index (χ4v) is 1.60. The third-order valence-electron chi connectivity index (χ3n) is 2.42. The summed E-state index contributed by atoms with van der Waals surface area (Å²) in [5, 5.41) is 11.5. The normalized spacial score (nSPS) is 13.7. The van der Waals surface area contributed by atoms with Gasteiger partial charge in [-0.05, 0) is 12.5 Å². The summed E-state index contributed by atoms with van der Waals surface area (Å²) in [6.07, 6.45) is 0.388. The topological polar surface area (TPSA) is 92.4 Å². The van der Waals surface area contributed by atoms with Crippen molar-refractivity contribution in [1.29, 1.82) is 0 Å². The number of aliphatic carboxylic acids is 1. The first-order valence-corrected chi connectivity index (χ1v) is 5.80. The van der Waals surface area contributed by atoms with Gasteiger partial charge in [0.2, 0.25) is 5.91 Å². The summed E-state index contributed by atoms with van der Waals surface area (Å²) >= 11 is 0. The van der Waals surface area contributed by atoms with Crippen molar-refractivity contribution in [3.05, 3.63) is 35.9 Å². The van der Waals surface area contributed by atoms with Crippen LogP contribution in [0.15, 0.2) is 30.3 Å². The molecule has 1 aromatic carbocycles. The number of carboxylic acid groups (broad SMARTS) is 1. The average molecular weight is 250 g/mol. The molecule has 5 heteroatoms. The summed E-state index contributed by atoms with van der Waals surface area (Å²) in [7, 11) is 0. The molecule has 1 amide bonds. The lowest BCUT2D eigenvalue weighted by atomic mass is 10.1. The predicted octanol–water partition coefficient (Wildman–Crippen LogP) is 0.536. The van der Waals surface area contributed by atoms with E-state index < -0.39 is 12.0 Å². The van der Waals surface area contributed by atoms with Crippen molar-refractivity contribution in [3.8, 4) is 0 Å². The van der Waals surface area contributed by atoms with Gasteiger partial charge in [0, 0.05) is 18.9 Å². The van der Waals surface area contributed by atoms with E-state index in [1.54, 1.807) is 6.92 Å². The quantitative estimate of drug-likeness (QED) is 0.687. The van der Waals surface area contributed by atoms with Gasteiger partial charge in [0.25, 0.3) is 0 Å². The van der Waals surface area contributed by atoms with Crippen LogP contribution in [0.2, 0.25) is 0 Å². The Morgan fingerprint density at radius 1 is 1.33 bits per heavy atom. The Labute approximate surface area is 106 Å². The van der Waals surface area contributed by atoms with Gasteiger partial charge < -0.3 is 16.2 Å². The smallest absolute Gasteiger partial charge is 0.326 e. The van der Waals surface area contributed by atoms with E-state index in [4.69, 9.17) is 10.8 Å². The molecule has 0 heterocycles. The van der Waals surface area contributed by atoms with E-state index in [2.05, 4.69) is 5.32 Å². The first-order chi connectivity index (χ1) is 8.49. The molecule has 1 unspecified atom stereocenters. The van der Waals surface area contributed by atoms with Crippen LogP contribution in [0.25, 0.3) is 0 Å². The molecule has 0 bridgehead atoms. The van der Waals surface area contributed by atoms with Crippen LogP contribution in [-0.4, -0.2) is 29.1 Å². The van der Waals surface area contributed by atoms with Crippen molar-refractivity contribution in [2.75, 3.05) is 0 Å². The van der Waals surface area contributed by atoms with Crippen LogP contribution in [0.5, 0.6) is 0 Å². The highest BCUT2D eigenvalue weighted by Crippen LogP contribution is 2.04. The van der Waals surface area contributed by atoms with Crippen molar-refractivity contribution in [2.45, 2.75) is 31.8 Å². The van der Waals surface area contributed by atoms with Crippen LogP contribution in [-0.2, 0) is 16.0 Å². The Hall–Kier alpha value is -1.88. The molecule has 0 aliphatic carbocycles. The van der Waals surface area contributed by atoms with E-state index >= 15 is 0 Å². The second-order valence-electron chi connectivity index (χ2n) is 4.33. The van der Waals surface area contributed by atoms with E-state index in [9.17, 15) is 9.59 Å². The van der Waals surface area contributed by atoms with Crippen LogP contribution in [0.3, 0.4) is 0 Å². The number of rotatable bonds is 6. The maximum absolute atomic E-state index is 11.5. The molecule has 5 nitrogen and oxygen atoms in total. The summed E-state index contributed by atoms with van der Waals surface area (Å²) < 4.78 is 0. The lowest BCUT2D eigenvalue weighted by molar-refractivity contribution is -0.141. The molecular weight excluding hydrogens is 232 g/mol. The summed E-state index contributed by atoms with van der Waals surface area (Å²) in [6.45, 7) is 1.70. The van der Waals surface area contributed by atoms with Crippen LogP contribution in [0.1, 0.15) is 18.9 Å². The van der Waals surface area contributed by atoms with Gasteiger partial charge >= 0.3 is 5.97 Å². The van der Waals surface area contributed by atoms with E-state index in [-0.39, 0.29) is 24.8 Å². The average Bonchev–Trinajstić information content (AvgIpc) is 2.28.